The number of hydrogen-bond acceptors (Lipinski definition) is 4. The van der Waals surface area contributed by atoms with Gasteiger partial charge in [-0.2, -0.15) is 13.2 Å². The van der Waals surface area contributed by atoms with Crippen LogP contribution in [0.4, 0.5) is 13.2 Å². The molecule has 1 N–H and O–H groups in total. The van der Waals surface area contributed by atoms with E-state index in [0.29, 0.717) is 18.9 Å². The maximum Gasteiger partial charge on any atom is 0.422 e. The molecule has 0 bridgehead atoms. The van der Waals surface area contributed by atoms with Crippen molar-refractivity contribution in [2.45, 2.75) is 26.2 Å². The zero-order valence-corrected chi connectivity index (χ0v) is 13.3. The molecule has 8 heteroatoms. The molecule has 0 atom stereocenters. The minimum absolute atomic E-state index is 0.0938. The van der Waals surface area contributed by atoms with E-state index >= 15 is 0 Å². The van der Waals surface area contributed by atoms with Crippen molar-refractivity contribution in [3.8, 4) is 11.5 Å². The summed E-state index contributed by atoms with van der Waals surface area (Å²) in [4.78, 5) is 3.96. The van der Waals surface area contributed by atoms with E-state index in [1.54, 1.807) is 31.6 Å². The Morgan fingerprint density at radius 2 is 2.04 bits per heavy atom. The van der Waals surface area contributed by atoms with Crippen LogP contribution < -0.4 is 14.8 Å². The lowest BCUT2D eigenvalue weighted by molar-refractivity contribution is -0.153. The van der Waals surface area contributed by atoms with Crippen LogP contribution in [0.3, 0.4) is 0 Å². The maximum atomic E-state index is 12.3. The fourth-order valence-corrected chi connectivity index (χ4v) is 2.07. The first kappa shape index (κ1) is 18.1. The molecule has 0 spiro atoms. The third-order valence-electron chi connectivity index (χ3n) is 3.13. The molecular formula is C16H20F3N3O2. The molecule has 2 rings (SSSR count). The molecule has 132 valence electrons. The van der Waals surface area contributed by atoms with Gasteiger partial charge in [-0.15, -0.1) is 0 Å². The minimum Gasteiger partial charge on any atom is -0.490 e. The van der Waals surface area contributed by atoms with Crippen LogP contribution >= 0.6 is 0 Å². The molecule has 0 aliphatic rings. The molecule has 0 unspecified atom stereocenters. The summed E-state index contributed by atoms with van der Waals surface area (Å²) in [6.07, 6.45) is 0.953. The highest BCUT2D eigenvalue weighted by molar-refractivity contribution is 5.43. The van der Waals surface area contributed by atoms with Gasteiger partial charge in [0.15, 0.2) is 18.1 Å². The topological polar surface area (TPSA) is 48.3 Å². The summed E-state index contributed by atoms with van der Waals surface area (Å²) in [7, 11) is 0. The van der Waals surface area contributed by atoms with Crippen LogP contribution in [-0.4, -0.2) is 35.5 Å². The van der Waals surface area contributed by atoms with Crippen molar-refractivity contribution in [1.82, 2.24) is 14.9 Å². The number of halogens is 3. The summed E-state index contributed by atoms with van der Waals surface area (Å²) in [5, 5.41) is 3.26. The van der Waals surface area contributed by atoms with E-state index in [2.05, 4.69) is 10.3 Å². The molecule has 1 aromatic heterocycles. The third kappa shape index (κ3) is 6.11. The zero-order chi connectivity index (χ0) is 17.4. The molecule has 5 nitrogen and oxygen atoms in total. The van der Waals surface area contributed by atoms with Crippen molar-refractivity contribution >= 4 is 0 Å². The van der Waals surface area contributed by atoms with Crippen LogP contribution in [0.15, 0.2) is 36.9 Å². The molecule has 1 aromatic carbocycles. The molecule has 0 radical (unpaired) electrons. The van der Waals surface area contributed by atoms with Crippen LogP contribution in [0.2, 0.25) is 0 Å². The first-order valence-corrected chi connectivity index (χ1v) is 7.59. The standard InChI is InChI=1S/C16H20F3N3O2/c1-2-23-15-9-13(3-4-14(15)24-11-16(17,18)19)10-20-5-7-22-8-6-21-12-22/h3-4,6,8-9,12,20H,2,5,7,10-11H2,1H3. The minimum atomic E-state index is -4.38. The van der Waals surface area contributed by atoms with Crippen molar-refractivity contribution < 1.29 is 22.6 Å². The molecule has 24 heavy (non-hydrogen) atoms. The fourth-order valence-electron chi connectivity index (χ4n) is 2.07. The highest BCUT2D eigenvalue weighted by Gasteiger charge is 2.29. The van der Waals surface area contributed by atoms with Crippen molar-refractivity contribution in [2.75, 3.05) is 19.8 Å². The van der Waals surface area contributed by atoms with E-state index in [1.165, 1.54) is 6.07 Å². The third-order valence-corrected chi connectivity index (χ3v) is 3.13. The Labute approximate surface area is 138 Å². The largest absolute Gasteiger partial charge is 0.490 e. The Hall–Kier alpha value is -2.22. The summed E-state index contributed by atoms with van der Waals surface area (Å²) >= 11 is 0. The van der Waals surface area contributed by atoms with Gasteiger partial charge in [-0.3, -0.25) is 0 Å². The number of hydrogen-bond donors (Lipinski definition) is 1. The lowest BCUT2D eigenvalue weighted by Gasteiger charge is -2.15. The lowest BCUT2D eigenvalue weighted by Crippen LogP contribution is -2.20. The Bertz CT molecular complexity index is 616. The Morgan fingerprint density at radius 1 is 1.21 bits per heavy atom. The average molecular weight is 343 g/mol. The van der Waals surface area contributed by atoms with Gasteiger partial charge in [-0.25, -0.2) is 4.98 Å². The number of nitrogens with zero attached hydrogens (tertiary/aromatic N) is 2. The van der Waals surface area contributed by atoms with Crippen LogP contribution in [-0.2, 0) is 13.1 Å². The van der Waals surface area contributed by atoms with Crippen molar-refractivity contribution in [1.29, 1.82) is 0 Å². The summed E-state index contributed by atoms with van der Waals surface area (Å²) in [6, 6.07) is 4.92. The number of ether oxygens (including phenoxy) is 2. The molecule has 0 saturated carbocycles. The summed E-state index contributed by atoms with van der Waals surface area (Å²) < 4.78 is 49.0. The van der Waals surface area contributed by atoms with Gasteiger partial charge in [0.1, 0.15) is 0 Å². The monoisotopic (exact) mass is 343 g/mol. The number of aromatic nitrogens is 2. The highest BCUT2D eigenvalue weighted by Crippen LogP contribution is 2.30. The van der Waals surface area contributed by atoms with Crippen molar-refractivity contribution in [2.24, 2.45) is 0 Å². The van der Waals surface area contributed by atoms with E-state index in [1.807, 2.05) is 10.8 Å². The maximum absolute atomic E-state index is 12.3. The zero-order valence-electron chi connectivity index (χ0n) is 13.3. The van der Waals surface area contributed by atoms with Gasteiger partial charge in [0, 0.05) is 32.0 Å². The Morgan fingerprint density at radius 3 is 2.71 bits per heavy atom. The van der Waals surface area contributed by atoms with E-state index in [0.717, 1.165) is 18.7 Å². The molecule has 0 saturated heterocycles. The molecular weight excluding hydrogens is 323 g/mol. The van der Waals surface area contributed by atoms with Crippen LogP contribution in [0.5, 0.6) is 11.5 Å². The summed E-state index contributed by atoms with van der Waals surface area (Å²) in [6.45, 7) is 2.88. The lowest BCUT2D eigenvalue weighted by atomic mass is 10.2. The summed E-state index contributed by atoms with van der Waals surface area (Å²) in [5.41, 5.74) is 0.906. The van der Waals surface area contributed by atoms with Gasteiger partial charge in [-0.1, -0.05) is 6.07 Å². The second kappa shape index (κ2) is 8.58. The number of rotatable bonds is 9. The number of nitrogens with one attached hydrogen (secondary N) is 1. The molecule has 0 fully saturated rings. The fraction of sp³-hybridized carbons (Fsp3) is 0.438. The van der Waals surface area contributed by atoms with E-state index < -0.39 is 12.8 Å². The van der Waals surface area contributed by atoms with E-state index in [-0.39, 0.29) is 5.75 Å². The second-order valence-electron chi connectivity index (χ2n) is 5.10. The smallest absolute Gasteiger partial charge is 0.422 e. The number of benzene rings is 1. The van der Waals surface area contributed by atoms with Crippen LogP contribution in [0.25, 0.3) is 0 Å². The number of imidazole rings is 1. The van der Waals surface area contributed by atoms with Gasteiger partial charge >= 0.3 is 6.18 Å². The van der Waals surface area contributed by atoms with Crippen LogP contribution in [0, 0.1) is 0 Å². The first-order valence-electron chi connectivity index (χ1n) is 7.59. The SMILES string of the molecule is CCOc1cc(CNCCn2ccnc2)ccc1OCC(F)(F)F. The molecule has 0 amide bonds. The van der Waals surface area contributed by atoms with E-state index in [9.17, 15) is 13.2 Å². The van der Waals surface area contributed by atoms with Gasteiger partial charge in [0.05, 0.1) is 12.9 Å². The molecule has 2 aromatic rings. The van der Waals surface area contributed by atoms with Crippen molar-refractivity contribution in [3.05, 3.63) is 42.5 Å². The van der Waals surface area contributed by atoms with Gasteiger partial charge in [0.2, 0.25) is 0 Å². The Balaban J connectivity index is 1.89. The first-order chi connectivity index (χ1) is 11.5. The van der Waals surface area contributed by atoms with Gasteiger partial charge < -0.3 is 19.4 Å². The van der Waals surface area contributed by atoms with Gasteiger partial charge in [-0.05, 0) is 24.6 Å². The normalized spacial score (nSPS) is 11.5. The average Bonchev–Trinajstić information content (AvgIpc) is 3.03. The van der Waals surface area contributed by atoms with Crippen LogP contribution in [0.1, 0.15) is 12.5 Å². The second-order valence-corrected chi connectivity index (χ2v) is 5.10. The molecule has 1 heterocycles. The quantitative estimate of drug-likeness (QED) is 0.711. The van der Waals surface area contributed by atoms with Crippen molar-refractivity contribution in [3.63, 3.8) is 0 Å². The predicted octanol–water partition coefficient (Wildman–Crippen LogP) is 3.01. The number of alkyl halides is 3. The Kier molecular flexibility index (Phi) is 6.48. The predicted molar refractivity (Wildman–Crippen MR) is 83.1 cm³/mol. The highest BCUT2D eigenvalue weighted by atomic mass is 19.4. The molecule has 0 aliphatic carbocycles. The van der Waals surface area contributed by atoms with Gasteiger partial charge in [0.25, 0.3) is 0 Å². The molecule has 0 aliphatic heterocycles. The van der Waals surface area contributed by atoms with E-state index in [4.69, 9.17) is 9.47 Å². The summed E-state index contributed by atoms with van der Waals surface area (Å²) in [5.74, 6) is 0.409.